The fourth-order valence-electron chi connectivity index (χ4n) is 10.1. The highest BCUT2D eigenvalue weighted by Gasteiger charge is 2.37. The average Bonchev–Trinajstić information content (AvgIpc) is 3.74. The van der Waals surface area contributed by atoms with Gasteiger partial charge in [-0.1, -0.05) is 166 Å². The largest absolute Gasteiger partial charge is 0.456 e. The van der Waals surface area contributed by atoms with E-state index in [2.05, 4.69) is 196 Å². The Morgan fingerprint density at radius 3 is 1.61 bits per heavy atom. The van der Waals surface area contributed by atoms with Crippen molar-refractivity contribution in [3.63, 3.8) is 0 Å². The van der Waals surface area contributed by atoms with Crippen LogP contribution in [0.25, 0.3) is 110 Å². The monoisotopic (exact) mass is 712 g/mol. The van der Waals surface area contributed by atoms with Crippen LogP contribution >= 0.6 is 0 Å². The number of hydrogen-bond donors (Lipinski definition) is 0. The highest BCUT2D eigenvalue weighted by atomic mass is 16.3. The van der Waals surface area contributed by atoms with Gasteiger partial charge in [0.1, 0.15) is 11.2 Å². The minimum Gasteiger partial charge on any atom is -0.456 e. The zero-order valence-corrected chi connectivity index (χ0v) is 31.2. The van der Waals surface area contributed by atoms with E-state index in [0.717, 1.165) is 16.6 Å². The molecule has 0 unspecified atom stereocenters. The van der Waals surface area contributed by atoms with Crippen LogP contribution in [0.15, 0.2) is 186 Å². The Kier molecular flexibility index (Phi) is 6.46. The Labute approximate surface area is 325 Å². The maximum atomic E-state index is 6.42. The molecule has 0 fully saturated rings. The predicted molar refractivity (Wildman–Crippen MR) is 238 cm³/mol. The molecule has 0 saturated carbocycles. The third-order valence-electron chi connectivity index (χ3n) is 12.6. The van der Waals surface area contributed by atoms with E-state index in [1.54, 1.807) is 0 Å². The Bertz CT molecular complexity index is 3390. The molecule has 0 radical (unpaired) electrons. The van der Waals surface area contributed by atoms with Gasteiger partial charge < -0.3 is 4.42 Å². The number of furan rings is 1. The summed E-state index contributed by atoms with van der Waals surface area (Å²) in [6, 6.07) is 67.2. The molecule has 0 spiro atoms. The first-order valence-corrected chi connectivity index (χ1v) is 19.6. The predicted octanol–water partition coefficient (Wildman–Crippen LogP) is 15.5. The van der Waals surface area contributed by atoms with Crippen LogP contribution in [0.3, 0.4) is 0 Å². The lowest BCUT2D eigenvalue weighted by atomic mass is 9.80. The molecule has 12 rings (SSSR count). The van der Waals surface area contributed by atoms with Crippen molar-refractivity contribution in [3.8, 4) is 44.5 Å². The maximum Gasteiger partial charge on any atom is 0.136 e. The van der Waals surface area contributed by atoms with Gasteiger partial charge in [0, 0.05) is 16.2 Å². The van der Waals surface area contributed by atoms with Crippen molar-refractivity contribution in [2.45, 2.75) is 19.3 Å². The van der Waals surface area contributed by atoms with Crippen molar-refractivity contribution in [2.24, 2.45) is 0 Å². The van der Waals surface area contributed by atoms with Crippen LogP contribution in [-0.4, -0.2) is 0 Å². The van der Waals surface area contributed by atoms with Crippen LogP contribution < -0.4 is 0 Å². The second kappa shape index (κ2) is 11.5. The van der Waals surface area contributed by atoms with Crippen LogP contribution in [-0.2, 0) is 5.41 Å². The SMILES string of the molecule is CC1(C)c2ccc(-c3cccc(-c4c5ccccc5c(-c5ccc6oc7ccc8ccccc8c7c6c5)c5ccccc45)c3)cc2-c2ccc3ccccc3c21. The van der Waals surface area contributed by atoms with Crippen LogP contribution in [0, 0.1) is 0 Å². The molecule has 0 N–H and O–H groups in total. The number of rotatable bonds is 3. The van der Waals surface area contributed by atoms with Crippen molar-refractivity contribution < 1.29 is 4.42 Å². The van der Waals surface area contributed by atoms with Gasteiger partial charge in [-0.15, -0.1) is 0 Å². The quantitative estimate of drug-likeness (QED) is 0.166. The van der Waals surface area contributed by atoms with Crippen molar-refractivity contribution in [3.05, 3.63) is 193 Å². The summed E-state index contributed by atoms with van der Waals surface area (Å²) in [5.41, 5.74) is 14.7. The minimum absolute atomic E-state index is 0.0749. The fraction of sp³-hybridized carbons (Fsp3) is 0.0545. The Balaban J connectivity index is 1.05. The zero-order valence-electron chi connectivity index (χ0n) is 31.2. The lowest BCUT2D eigenvalue weighted by Crippen LogP contribution is -2.15. The minimum atomic E-state index is -0.0749. The normalized spacial score (nSPS) is 13.3. The summed E-state index contributed by atoms with van der Waals surface area (Å²) in [5.74, 6) is 0. The molecule has 1 aliphatic rings. The molecule has 0 bridgehead atoms. The first kappa shape index (κ1) is 31.4. The van der Waals surface area contributed by atoms with Gasteiger partial charge >= 0.3 is 0 Å². The highest BCUT2D eigenvalue weighted by molar-refractivity contribution is 6.24. The van der Waals surface area contributed by atoms with Crippen molar-refractivity contribution in [1.29, 1.82) is 0 Å². The Morgan fingerprint density at radius 2 is 0.893 bits per heavy atom. The maximum absolute atomic E-state index is 6.42. The molecule has 1 heteroatoms. The molecular weight excluding hydrogens is 677 g/mol. The summed E-state index contributed by atoms with van der Waals surface area (Å²) in [6.07, 6.45) is 0. The molecule has 0 aliphatic heterocycles. The molecule has 0 amide bonds. The van der Waals surface area contributed by atoms with E-state index in [1.165, 1.54) is 104 Å². The molecule has 11 aromatic rings. The number of fused-ring (bicyclic) bond motifs is 12. The summed E-state index contributed by atoms with van der Waals surface area (Å²) >= 11 is 0. The van der Waals surface area contributed by atoms with Gasteiger partial charge in [0.2, 0.25) is 0 Å². The number of benzene rings is 10. The number of hydrogen-bond acceptors (Lipinski definition) is 1. The topological polar surface area (TPSA) is 13.1 Å². The van der Waals surface area contributed by atoms with Crippen molar-refractivity contribution in [1.82, 2.24) is 0 Å². The first-order chi connectivity index (χ1) is 27.5. The van der Waals surface area contributed by atoms with Gasteiger partial charge in [-0.25, -0.2) is 0 Å². The smallest absolute Gasteiger partial charge is 0.136 e. The standard InChI is InChI=1S/C55H36O/c1-55(2)48-27-23-36(31-46(48)45-26-22-34-13-4-6-17-40(34)54(45)55)35-14-11-15-37(30-35)51-41-18-7-9-20-43(41)52(44-21-10-8-19-42(44)51)38-25-28-49-47(32-38)53-39-16-5-3-12-33(39)24-29-50(53)56-49/h3-32H,1-2H3. The molecule has 1 heterocycles. The lowest BCUT2D eigenvalue weighted by Gasteiger charge is -2.23. The van der Waals surface area contributed by atoms with Gasteiger partial charge in [-0.05, 0) is 129 Å². The van der Waals surface area contributed by atoms with Crippen LogP contribution in [0.5, 0.6) is 0 Å². The van der Waals surface area contributed by atoms with Crippen LogP contribution in [0.2, 0.25) is 0 Å². The molecule has 0 saturated heterocycles. The molecule has 10 aromatic carbocycles. The first-order valence-electron chi connectivity index (χ1n) is 19.6. The van der Waals surface area contributed by atoms with Gasteiger partial charge in [0.05, 0.1) is 0 Å². The molecule has 1 aliphatic carbocycles. The summed E-state index contributed by atoms with van der Waals surface area (Å²) in [5, 5.41) is 12.4. The third-order valence-corrected chi connectivity index (χ3v) is 12.6. The molecular formula is C55H36O. The van der Waals surface area contributed by atoms with E-state index < -0.39 is 0 Å². The van der Waals surface area contributed by atoms with E-state index >= 15 is 0 Å². The molecule has 56 heavy (non-hydrogen) atoms. The molecule has 1 aromatic heterocycles. The molecule has 0 atom stereocenters. The lowest BCUT2D eigenvalue weighted by molar-refractivity contribution is 0.666. The van der Waals surface area contributed by atoms with Gasteiger partial charge in [-0.3, -0.25) is 0 Å². The molecule has 262 valence electrons. The zero-order chi connectivity index (χ0) is 37.1. The second-order valence-electron chi connectivity index (χ2n) is 16.0. The second-order valence-corrected chi connectivity index (χ2v) is 16.0. The third kappa shape index (κ3) is 4.37. The van der Waals surface area contributed by atoms with E-state index in [9.17, 15) is 0 Å². The Hall–Kier alpha value is -6.96. The van der Waals surface area contributed by atoms with Crippen molar-refractivity contribution >= 4 is 65.0 Å². The van der Waals surface area contributed by atoms with E-state index in [4.69, 9.17) is 4.42 Å². The fourth-order valence-corrected chi connectivity index (χ4v) is 10.1. The van der Waals surface area contributed by atoms with E-state index in [-0.39, 0.29) is 5.41 Å². The summed E-state index contributed by atoms with van der Waals surface area (Å²) in [6.45, 7) is 4.75. The van der Waals surface area contributed by atoms with Gasteiger partial charge in [-0.2, -0.15) is 0 Å². The van der Waals surface area contributed by atoms with Crippen molar-refractivity contribution in [2.75, 3.05) is 0 Å². The average molecular weight is 713 g/mol. The Morgan fingerprint density at radius 1 is 0.357 bits per heavy atom. The highest BCUT2D eigenvalue weighted by Crippen LogP contribution is 2.52. The molecule has 1 nitrogen and oxygen atoms in total. The van der Waals surface area contributed by atoms with Crippen LogP contribution in [0.1, 0.15) is 25.0 Å². The van der Waals surface area contributed by atoms with Gasteiger partial charge in [0.15, 0.2) is 0 Å². The van der Waals surface area contributed by atoms with Crippen LogP contribution in [0.4, 0.5) is 0 Å². The summed E-state index contributed by atoms with van der Waals surface area (Å²) in [7, 11) is 0. The van der Waals surface area contributed by atoms with Gasteiger partial charge in [0.25, 0.3) is 0 Å². The van der Waals surface area contributed by atoms with E-state index in [0.29, 0.717) is 0 Å². The summed E-state index contributed by atoms with van der Waals surface area (Å²) < 4.78 is 6.42. The summed E-state index contributed by atoms with van der Waals surface area (Å²) in [4.78, 5) is 0. The van der Waals surface area contributed by atoms with E-state index in [1.807, 2.05) is 0 Å².